The van der Waals surface area contributed by atoms with Gasteiger partial charge in [-0.3, -0.25) is 4.79 Å². The third-order valence-corrected chi connectivity index (χ3v) is 4.60. The average Bonchev–Trinajstić information content (AvgIpc) is 2.55. The van der Waals surface area contributed by atoms with Crippen molar-refractivity contribution >= 4 is 34.2 Å². The van der Waals surface area contributed by atoms with E-state index in [0.717, 1.165) is 29.6 Å². The Morgan fingerprint density at radius 2 is 1.96 bits per heavy atom. The molecule has 1 saturated heterocycles. The molecule has 2 N–H and O–H groups in total. The highest BCUT2D eigenvalue weighted by Gasteiger charge is 2.20. The fourth-order valence-electron chi connectivity index (χ4n) is 2.87. The first-order valence-electron chi connectivity index (χ1n) is 8.18. The van der Waals surface area contributed by atoms with E-state index in [1.165, 1.54) is 0 Å². The van der Waals surface area contributed by atoms with Crippen LogP contribution < -0.4 is 15.4 Å². The first kappa shape index (κ1) is 19.8. The maximum atomic E-state index is 12.4. The number of halogens is 2. The molecule has 1 amide bonds. The number of piperidine rings is 1. The van der Waals surface area contributed by atoms with E-state index in [2.05, 4.69) is 33.5 Å². The van der Waals surface area contributed by atoms with Crippen molar-refractivity contribution in [2.75, 3.05) is 6.54 Å². The standard InChI is InChI=1S/C19H21BrN2O2.ClH/c1-13-11-16(9-10-21-13)22-19(23)14-5-7-17(8-6-14)24-18-4-2-3-15(20)12-18;/h2-8,12-13,16,21H,9-11H2,1H3,(H,22,23);1H. The van der Waals surface area contributed by atoms with E-state index >= 15 is 0 Å². The summed E-state index contributed by atoms with van der Waals surface area (Å²) in [6.07, 6.45) is 1.94. The lowest BCUT2D eigenvalue weighted by atomic mass is 10.0. The summed E-state index contributed by atoms with van der Waals surface area (Å²) in [4.78, 5) is 12.4. The van der Waals surface area contributed by atoms with E-state index in [4.69, 9.17) is 4.74 Å². The van der Waals surface area contributed by atoms with Crippen LogP contribution >= 0.6 is 28.3 Å². The van der Waals surface area contributed by atoms with Crippen molar-refractivity contribution in [1.29, 1.82) is 0 Å². The van der Waals surface area contributed by atoms with E-state index in [1.54, 1.807) is 12.1 Å². The minimum atomic E-state index is -0.0249. The minimum Gasteiger partial charge on any atom is -0.457 e. The van der Waals surface area contributed by atoms with Crippen molar-refractivity contribution in [1.82, 2.24) is 10.6 Å². The van der Waals surface area contributed by atoms with Crippen LogP contribution in [0.1, 0.15) is 30.1 Å². The third-order valence-electron chi connectivity index (χ3n) is 4.11. The number of amides is 1. The highest BCUT2D eigenvalue weighted by atomic mass is 79.9. The number of carbonyl (C=O) groups is 1. The summed E-state index contributed by atoms with van der Waals surface area (Å²) in [7, 11) is 0. The Morgan fingerprint density at radius 3 is 2.64 bits per heavy atom. The lowest BCUT2D eigenvalue weighted by Crippen LogP contribution is -2.46. The summed E-state index contributed by atoms with van der Waals surface area (Å²) in [5, 5.41) is 6.50. The van der Waals surface area contributed by atoms with Crippen molar-refractivity contribution in [3.05, 3.63) is 58.6 Å². The Hall–Kier alpha value is -1.56. The average molecular weight is 426 g/mol. The third kappa shape index (κ3) is 5.73. The van der Waals surface area contributed by atoms with Crippen LogP contribution in [0.15, 0.2) is 53.0 Å². The number of rotatable bonds is 4. The van der Waals surface area contributed by atoms with Gasteiger partial charge in [-0.1, -0.05) is 22.0 Å². The molecule has 1 aliphatic rings. The van der Waals surface area contributed by atoms with Crippen LogP contribution in [-0.2, 0) is 0 Å². The van der Waals surface area contributed by atoms with Crippen molar-refractivity contribution < 1.29 is 9.53 Å². The molecule has 1 aliphatic heterocycles. The normalized spacial score (nSPS) is 19.6. The molecule has 3 rings (SSSR count). The molecule has 25 heavy (non-hydrogen) atoms. The van der Waals surface area contributed by atoms with E-state index in [0.29, 0.717) is 17.4 Å². The van der Waals surface area contributed by atoms with E-state index in [-0.39, 0.29) is 24.4 Å². The van der Waals surface area contributed by atoms with Crippen LogP contribution in [0.5, 0.6) is 11.5 Å². The number of hydrogen-bond donors (Lipinski definition) is 2. The number of hydrogen-bond acceptors (Lipinski definition) is 3. The summed E-state index contributed by atoms with van der Waals surface area (Å²) in [6, 6.07) is 15.6. The maximum Gasteiger partial charge on any atom is 0.251 e. The van der Waals surface area contributed by atoms with Gasteiger partial charge in [0.25, 0.3) is 5.91 Å². The molecule has 2 aromatic carbocycles. The lowest BCUT2D eigenvalue weighted by molar-refractivity contribution is 0.0925. The van der Waals surface area contributed by atoms with Gasteiger partial charge in [0.15, 0.2) is 0 Å². The van der Waals surface area contributed by atoms with E-state index < -0.39 is 0 Å². The van der Waals surface area contributed by atoms with Crippen molar-refractivity contribution in [3.8, 4) is 11.5 Å². The summed E-state index contributed by atoms with van der Waals surface area (Å²) in [5.74, 6) is 1.44. The first-order chi connectivity index (χ1) is 11.6. The van der Waals surface area contributed by atoms with E-state index in [1.807, 2.05) is 36.4 Å². The van der Waals surface area contributed by atoms with Crippen LogP contribution in [-0.4, -0.2) is 24.5 Å². The second kappa shape index (κ2) is 9.22. The molecule has 4 nitrogen and oxygen atoms in total. The number of ether oxygens (including phenoxy) is 1. The summed E-state index contributed by atoms with van der Waals surface area (Å²) >= 11 is 3.42. The predicted molar refractivity (Wildman–Crippen MR) is 106 cm³/mol. The molecule has 2 aromatic rings. The quantitative estimate of drug-likeness (QED) is 0.756. The van der Waals surface area contributed by atoms with Gasteiger partial charge in [0.1, 0.15) is 11.5 Å². The van der Waals surface area contributed by atoms with Crippen LogP contribution in [0.4, 0.5) is 0 Å². The van der Waals surface area contributed by atoms with Gasteiger partial charge >= 0.3 is 0 Å². The molecule has 0 aromatic heterocycles. The number of carbonyl (C=O) groups excluding carboxylic acids is 1. The highest BCUT2D eigenvalue weighted by molar-refractivity contribution is 9.10. The van der Waals surface area contributed by atoms with Crippen molar-refractivity contribution in [2.45, 2.75) is 31.8 Å². The zero-order valence-electron chi connectivity index (χ0n) is 14.0. The molecule has 2 atom stereocenters. The van der Waals surface area contributed by atoms with Gasteiger partial charge in [0.05, 0.1) is 0 Å². The molecule has 0 saturated carbocycles. The van der Waals surface area contributed by atoms with Gasteiger partial charge in [0, 0.05) is 22.1 Å². The van der Waals surface area contributed by atoms with Crippen LogP contribution in [0, 0.1) is 0 Å². The van der Waals surface area contributed by atoms with Crippen molar-refractivity contribution in [2.24, 2.45) is 0 Å². The van der Waals surface area contributed by atoms with Gasteiger partial charge in [-0.2, -0.15) is 0 Å². The second-order valence-corrected chi connectivity index (χ2v) is 7.05. The second-order valence-electron chi connectivity index (χ2n) is 6.13. The Morgan fingerprint density at radius 1 is 1.20 bits per heavy atom. The smallest absolute Gasteiger partial charge is 0.251 e. The van der Waals surface area contributed by atoms with Crippen molar-refractivity contribution in [3.63, 3.8) is 0 Å². The lowest BCUT2D eigenvalue weighted by Gasteiger charge is -2.28. The SMILES string of the molecule is CC1CC(NC(=O)c2ccc(Oc3cccc(Br)c3)cc2)CCN1.Cl. The largest absolute Gasteiger partial charge is 0.457 e. The molecule has 0 aliphatic carbocycles. The van der Waals surface area contributed by atoms with E-state index in [9.17, 15) is 4.79 Å². The van der Waals surface area contributed by atoms with Gasteiger partial charge in [-0.25, -0.2) is 0 Å². The summed E-state index contributed by atoms with van der Waals surface area (Å²) < 4.78 is 6.75. The molecule has 2 unspecified atom stereocenters. The molecule has 1 fully saturated rings. The Kier molecular flexibility index (Phi) is 7.29. The number of benzene rings is 2. The zero-order chi connectivity index (χ0) is 16.9. The molecule has 0 radical (unpaired) electrons. The first-order valence-corrected chi connectivity index (χ1v) is 8.97. The zero-order valence-corrected chi connectivity index (χ0v) is 16.4. The number of nitrogens with one attached hydrogen (secondary N) is 2. The topological polar surface area (TPSA) is 50.4 Å². The molecule has 1 heterocycles. The molecule has 0 bridgehead atoms. The summed E-state index contributed by atoms with van der Waals surface area (Å²) in [5.41, 5.74) is 0.655. The molecular formula is C19H22BrClN2O2. The van der Waals surface area contributed by atoms with Gasteiger partial charge in [-0.15, -0.1) is 12.4 Å². The molecular weight excluding hydrogens is 404 g/mol. The van der Waals surface area contributed by atoms with Crippen LogP contribution in [0.2, 0.25) is 0 Å². The van der Waals surface area contributed by atoms with Gasteiger partial charge in [-0.05, 0) is 68.8 Å². The highest BCUT2D eigenvalue weighted by Crippen LogP contribution is 2.24. The monoisotopic (exact) mass is 424 g/mol. The maximum absolute atomic E-state index is 12.4. The minimum absolute atomic E-state index is 0. The molecule has 6 heteroatoms. The van der Waals surface area contributed by atoms with Gasteiger partial charge < -0.3 is 15.4 Å². The predicted octanol–water partition coefficient (Wildman–Crippen LogP) is 4.53. The molecule has 134 valence electrons. The Balaban J connectivity index is 0.00000225. The molecule has 0 spiro atoms. The Labute approximate surface area is 162 Å². The van der Waals surface area contributed by atoms with Gasteiger partial charge in [0.2, 0.25) is 0 Å². The fourth-order valence-corrected chi connectivity index (χ4v) is 3.25. The fraction of sp³-hybridized carbons (Fsp3) is 0.316. The summed E-state index contributed by atoms with van der Waals surface area (Å²) in [6.45, 7) is 3.10. The van der Waals surface area contributed by atoms with Crippen LogP contribution in [0.3, 0.4) is 0 Å². The Bertz CT molecular complexity index is 709. The van der Waals surface area contributed by atoms with Crippen LogP contribution in [0.25, 0.3) is 0 Å².